The van der Waals surface area contributed by atoms with Gasteiger partial charge in [0.2, 0.25) is 0 Å². The zero-order chi connectivity index (χ0) is 18.5. The van der Waals surface area contributed by atoms with E-state index < -0.39 is 0 Å². The first-order valence-electron chi connectivity index (χ1n) is 9.52. The Morgan fingerprint density at radius 1 is 1.07 bits per heavy atom. The summed E-state index contributed by atoms with van der Waals surface area (Å²) in [7, 11) is 0. The molecule has 1 saturated heterocycles. The summed E-state index contributed by atoms with van der Waals surface area (Å²) in [5, 5.41) is 1.01. The van der Waals surface area contributed by atoms with Crippen LogP contribution in [0.5, 0.6) is 0 Å². The predicted molar refractivity (Wildman–Crippen MR) is 104 cm³/mol. The van der Waals surface area contributed by atoms with Crippen LogP contribution in [-0.2, 0) is 13.1 Å². The SMILES string of the molecule is Cc1ccc2c(CN3C[C@H]4C[C@@H](C3)c3cccc(=O)n3C4)cc(=O)oc2c1. The van der Waals surface area contributed by atoms with Crippen LogP contribution in [0.2, 0.25) is 0 Å². The summed E-state index contributed by atoms with van der Waals surface area (Å²) in [4.78, 5) is 26.6. The molecule has 27 heavy (non-hydrogen) atoms. The van der Waals surface area contributed by atoms with Gasteiger partial charge in [-0.25, -0.2) is 4.79 Å². The molecule has 1 aromatic carbocycles. The summed E-state index contributed by atoms with van der Waals surface area (Å²) in [5.41, 5.74) is 3.72. The standard InChI is InChI=1S/C22H22N2O3/c1-14-5-6-18-16(9-22(26)27-20(18)7-14)12-23-10-15-8-17(13-23)19-3-2-4-21(25)24(19)11-15/h2-7,9,15,17H,8,10-13H2,1H3/t15-,17+/m1/s1. The first-order chi connectivity index (χ1) is 13.1. The van der Waals surface area contributed by atoms with Crippen molar-refractivity contribution in [3.63, 3.8) is 0 Å². The molecule has 5 nitrogen and oxygen atoms in total. The van der Waals surface area contributed by atoms with E-state index >= 15 is 0 Å². The number of hydrogen-bond acceptors (Lipinski definition) is 4. The van der Waals surface area contributed by atoms with Gasteiger partial charge in [-0.2, -0.15) is 0 Å². The van der Waals surface area contributed by atoms with Crippen LogP contribution in [0.15, 0.2) is 56.5 Å². The van der Waals surface area contributed by atoms with Crippen LogP contribution in [0, 0.1) is 12.8 Å². The van der Waals surface area contributed by atoms with Crippen molar-refractivity contribution in [1.29, 1.82) is 0 Å². The van der Waals surface area contributed by atoms with Gasteiger partial charge in [0.1, 0.15) is 5.58 Å². The molecule has 3 aromatic rings. The lowest BCUT2D eigenvalue weighted by atomic mass is 9.83. The number of likely N-dealkylation sites (tertiary alicyclic amines) is 1. The van der Waals surface area contributed by atoms with Crippen molar-refractivity contribution in [3.05, 3.63) is 80.1 Å². The lowest BCUT2D eigenvalue weighted by Crippen LogP contribution is -2.46. The molecule has 2 aliphatic heterocycles. The van der Waals surface area contributed by atoms with Crippen molar-refractivity contribution in [3.8, 4) is 0 Å². The molecule has 2 aromatic heterocycles. The number of benzene rings is 1. The molecule has 0 N–H and O–H groups in total. The number of nitrogens with zero attached hydrogens (tertiary/aromatic N) is 2. The molecule has 2 atom stereocenters. The van der Waals surface area contributed by atoms with Gasteiger partial charge < -0.3 is 8.98 Å². The molecule has 0 spiro atoms. The van der Waals surface area contributed by atoms with Crippen molar-refractivity contribution in [1.82, 2.24) is 9.47 Å². The fraction of sp³-hybridized carbons (Fsp3) is 0.364. The van der Waals surface area contributed by atoms with Crippen LogP contribution < -0.4 is 11.2 Å². The number of pyridine rings is 1. The minimum absolute atomic E-state index is 0.109. The van der Waals surface area contributed by atoms with Crippen LogP contribution in [0.25, 0.3) is 11.0 Å². The molecule has 4 heterocycles. The number of hydrogen-bond donors (Lipinski definition) is 0. The second-order valence-corrected chi connectivity index (χ2v) is 7.98. The number of aromatic nitrogens is 1. The molecular formula is C22H22N2O3. The Kier molecular flexibility index (Phi) is 3.79. The Balaban J connectivity index is 1.48. The van der Waals surface area contributed by atoms with Crippen LogP contribution >= 0.6 is 0 Å². The number of rotatable bonds is 2. The number of fused-ring (bicyclic) bond motifs is 5. The zero-order valence-electron chi connectivity index (χ0n) is 15.4. The highest BCUT2D eigenvalue weighted by atomic mass is 16.4. The fourth-order valence-electron chi connectivity index (χ4n) is 4.83. The lowest BCUT2D eigenvalue weighted by molar-refractivity contribution is 0.114. The second kappa shape index (κ2) is 6.20. The van der Waals surface area contributed by atoms with Crippen molar-refractivity contribution in [2.45, 2.75) is 32.4 Å². The van der Waals surface area contributed by atoms with Crippen molar-refractivity contribution in [2.24, 2.45) is 5.92 Å². The summed E-state index contributed by atoms with van der Waals surface area (Å²) in [6.07, 6.45) is 1.14. The van der Waals surface area contributed by atoms with Gasteiger partial charge in [0.05, 0.1) is 0 Å². The van der Waals surface area contributed by atoms with E-state index in [1.165, 1.54) is 0 Å². The van der Waals surface area contributed by atoms with Gasteiger partial charge in [-0.1, -0.05) is 18.2 Å². The van der Waals surface area contributed by atoms with Crippen molar-refractivity contribution in [2.75, 3.05) is 13.1 Å². The van der Waals surface area contributed by atoms with E-state index in [1.54, 1.807) is 12.1 Å². The molecule has 0 amide bonds. The predicted octanol–water partition coefficient (Wildman–Crippen LogP) is 2.88. The number of aryl methyl sites for hydroxylation is 1. The number of piperidine rings is 1. The highest BCUT2D eigenvalue weighted by molar-refractivity contribution is 5.80. The maximum absolute atomic E-state index is 12.2. The first-order valence-corrected chi connectivity index (χ1v) is 9.52. The van der Waals surface area contributed by atoms with Gasteiger partial charge >= 0.3 is 5.63 Å². The smallest absolute Gasteiger partial charge is 0.336 e. The van der Waals surface area contributed by atoms with Gasteiger partial charge in [-0.3, -0.25) is 9.69 Å². The molecule has 2 aliphatic rings. The monoisotopic (exact) mass is 362 g/mol. The fourth-order valence-corrected chi connectivity index (χ4v) is 4.83. The van der Waals surface area contributed by atoms with Crippen molar-refractivity contribution < 1.29 is 4.42 Å². The Bertz CT molecular complexity index is 1140. The zero-order valence-corrected chi connectivity index (χ0v) is 15.4. The summed E-state index contributed by atoms with van der Waals surface area (Å²) in [6.45, 7) is 5.38. The highest BCUT2D eigenvalue weighted by Gasteiger charge is 2.34. The Morgan fingerprint density at radius 3 is 2.85 bits per heavy atom. The Hall–Kier alpha value is -2.66. The molecule has 138 valence electrons. The lowest BCUT2D eigenvalue weighted by Gasteiger charge is -2.42. The third-order valence-electron chi connectivity index (χ3n) is 5.94. The second-order valence-electron chi connectivity index (χ2n) is 7.98. The molecule has 5 rings (SSSR count). The molecular weight excluding hydrogens is 340 g/mol. The average molecular weight is 362 g/mol. The van der Waals surface area contributed by atoms with Crippen LogP contribution in [-0.4, -0.2) is 22.6 Å². The third-order valence-corrected chi connectivity index (χ3v) is 5.94. The summed E-state index contributed by atoms with van der Waals surface area (Å²) in [5.74, 6) is 0.852. The summed E-state index contributed by atoms with van der Waals surface area (Å²) < 4.78 is 7.34. The largest absolute Gasteiger partial charge is 0.423 e. The van der Waals surface area contributed by atoms with E-state index in [-0.39, 0.29) is 11.2 Å². The molecule has 0 saturated carbocycles. The topological polar surface area (TPSA) is 55.5 Å². The van der Waals surface area contributed by atoms with Gasteiger partial charge in [-0.15, -0.1) is 0 Å². The average Bonchev–Trinajstić information content (AvgIpc) is 2.62. The molecule has 2 bridgehead atoms. The first kappa shape index (κ1) is 16.5. The Labute approximate surface area is 156 Å². The minimum atomic E-state index is -0.294. The van der Waals surface area contributed by atoms with Gasteiger partial charge in [0.25, 0.3) is 5.56 Å². The van der Waals surface area contributed by atoms with Crippen LogP contribution in [0.1, 0.15) is 29.2 Å². The highest BCUT2D eigenvalue weighted by Crippen LogP contribution is 2.35. The van der Waals surface area contributed by atoms with Crippen LogP contribution in [0.3, 0.4) is 0 Å². The van der Waals surface area contributed by atoms with E-state index in [0.717, 1.165) is 54.8 Å². The summed E-state index contributed by atoms with van der Waals surface area (Å²) >= 11 is 0. The van der Waals surface area contributed by atoms with Gasteiger partial charge in [0, 0.05) is 55.3 Å². The quantitative estimate of drug-likeness (QED) is 0.658. The molecule has 0 radical (unpaired) electrons. The third kappa shape index (κ3) is 2.92. The van der Waals surface area contributed by atoms with Gasteiger partial charge in [0.15, 0.2) is 0 Å². The summed E-state index contributed by atoms with van der Waals surface area (Å²) in [6, 6.07) is 13.3. The van der Waals surface area contributed by atoms with Gasteiger partial charge in [-0.05, 0) is 42.5 Å². The van der Waals surface area contributed by atoms with E-state index in [2.05, 4.69) is 17.0 Å². The molecule has 1 fully saturated rings. The van der Waals surface area contributed by atoms with E-state index in [9.17, 15) is 9.59 Å². The molecule has 0 unspecified atom stereocenters. The van der Waals surface area contributed by atoms with E-state index in [4.69, 9.17) is 4.42 Å². The molecule has 0 aliphatic carbocycles. The normalized spacial score (nSPS) is 22.0. The maximum atomic E-state index is 12.2. The van der Waals surface area contributed by atoms with Crippen LogP contribution in [0.4, 0.5) is 0 Å². The maximum Gasteiger partial charge on any atom is 0.336 e. The van der Waals surface area contributed by atoms with Crippen molar-refractivity contribution >= 4 is 11.0 Å². The van der Waals surface area contributed by atoms with E-state index in [1.807, 2.05) is 29.7 Å². The van der Waals surface area contributed by atoms with E-state index in [0.29, 0.717) is 17.4 Å². The Morgan fingerprint density at radius 2 is 1.96 bits per heavy atom. The molecule has 5 heteroatoms. The minimum Gasteiger partial charge on any atom is -0.423 e.